The largest absolute Gasteiger partial charge is 0.389 e. The van der Waals surface area contributed by atoms with Crippen LogP contribution in [0.5, 0.6) is 0 Å². The first-order valence-electron chi connectivity index (χ1n) is 5.04. The Kier molecular flexibility index (Phi) is 4.52. The third kappa shape index (κ3) is 3.39. The van der Waals surface area contributed by atoms with Crippen LogP contribution >= 0.6 is 50.7 Å². The Morgan fingerprint density at radius 1 is 1.33 bits per heavy atom. The molecule has 0 bridgehead atoms. The third-order valence-corrected chi connectivity index (χ3v) is 4.81. The molecule has 0 aliphatic carbocycles. The topological polar surface area (TPSA) is 50.9 Å². The molecule has 2 rings (SSSR count). The van der Waals surface area contributed by atoms with Crippen LogP contribution in [0, 0.1) is 3.57 Å². The van der Waals surface area contributed by atoms with Gasteiger partial charge in [-0.3, -0.25) is 0 Å². The maximum absolute atomic E-state index is 5.59. The van der Waals surface area contributed by atoms with Gasteiger partial charge in [-0.1, -0.05) is 12.2 Å². The van der Waals surface area contributed by atoms with E-state index in [0.29, 0.717) is 10.8 Å². The summed E-state index contributed by atoms with van der Waals surface area (Å²) in [6.45, 7) is 0. The van der Waals surface area contributed by atoms with Crippen molar-refractivity contribution in [2.24, 2.45) is 5.73 Å². The molecule has 0 radical (unpaired) electrons. The van der Waals surface area contributed by atoms with Gasteiger partial charge in [0, 0.05) is 25.5 Å². The molecule has 0 saturated carbocycles. The standard InChI is InChI=1S/C12H9BrIN3S/c13-9-6-8(1-2-10(9)14)17-11-5-7(12(15)18)3-4-16-11/h1-6H,(H2,15,18)(H,16,17). The smallest absolute Gasteiger partial charge is 0.130 e. The highest BCUT2D eigenvalue weighted by Gasteiger charge is 2.02. The van der Waals surface area contributed by atoms with Gasteiger partial charge in [-0.15, -0.1) is 0 Å². The molecule has 0 aliphatic rings. The third-order valence-electron chi connectivity index (χ3n) is 2.24. The summed E-state index contributed by atoms with van der Waals surface area (Å²) < 4.78 is 2.20. The number of hydrogen-bond donors (Lipinski definition) is 2. The van der Waals surface area contributed by atoms with Crippen LogP contribution in [0.25, 0.3) is 0 Å². The fourth-order valence-electron chi connectivity index (χ4n) is 1.37. The number of aromatic nitrogens is 1. The number of thiocarbonyl (C=S) groups is 1. The number of hydrogen-bond acceptors (Lipinski definition) is 3. The average molecular weight is 434 g/mol. The van der Waals surface area contributed by atoms with Crippen LogP contribution in [-0.4, -0.2) is 9.97 Å². The van der Waals surface area contributed by atoms with Crippen LogP contribution in [0.3, 0.4) is 0 Å². The molecule has 2 aromatic rings. The van der Waals surface area contributed by atoms with Gasteiger partial charge in [-0.2, -0.15) is 0 Å². The second kappa shape index (κ2) is 5.94. The molecule has 1 aromatic carbocycles. The molecular weight excluding hydrogens is 425 g/mol. The highest BCUT2D eigenvalue weighted by atomic mass is 127. The summed E-state index contributed by atoms with van der Waals surface area (Å²) in [6, 6.07) is 9.62. The van der Waals surface area contributed by atoms with E-state index in [0.717, 1.165) is 19.3 Å². The monoisotopic (exact) mass is 433 g/mol. The summed E-state index contributed by atoms with van der Waals surface area (Å²) in [5, 5.41) is 3.21. The summed E-state index contributed by atoms with van der Waals surface area (Å²) in [4.78, 5) is 4.59. The minimum absolute atomic E-state index is 0.365. The zero-order valence-corrected chi connectivity index (χ0v) is 13.7. The Bertz CT molecular complexity index is 604. The Balaban J connectivity index is 2.25. The zero-order valence-electron chi connectivity index (χ0n) is 9.15. The number of nitrogens with zero attached hydrogens (tertiary/aromatic N) is 1. The molecule has 1 heterocycles. The lowest BCUT2D eigenvalue weighted by atomic mass is 10.2. The number of halogens is 2. The van der Waals surface area contributed by atoms with E-state index in [4.69, 9.17) is 18.0 Å². The van der Waals surface area contributed by atoms with Gasteiger partial charge in [0.1, 0.15) is 10.8 Å². The van der Waals surface area contributed by atoms with Crippen LogP contribution in [-0.2, 0) is 0 Å². The molecule has 0 fully saturated rings. The second-order valence-electron chi connectivity index (χ2n) is 3.55. The Morgan fingerprint density at radius 2 is 2.11 bits per heavy atom. The summed E-state index contributed by atoms with van der Waals surface area (Å²) in [6.07, 6.45) is 1.68. The van der Waals surface area contributed by atoms with Crippen molar-refractivity contribution < 1.29 is 0 Å². The number of rotatable bonds is 3. The van der Waals surface area contributed by atoms with Crippen molar-refractivity contribution in [2.45, 2.75) is 0 Å². The number of nitrogens with two attached hydrogens (primary N) is 1. The Hall–Kier alpha value is -0.730. The molecular formula is C12H9BrIN3S. The quantitative estimate of drug-likeness (QED) is 0.570. The van der Waals surface area contributed by atoms with E-state index in [1.807, 2.05) is 24.3 Å². The van der Waals surface area contributed by atoms with Crippen molar-refractivity contribution >= 4 is 67.2 Å². The van der Waals surface area contributed by atoms with Crippen molar-refractivity contribution in [3.63, 3.8) is 0 Å². The molecule has 0 spiro atoms. The van der Waals surface area contributed by atoms with E-state index >= 15 is 0 Å². The van der Waals surface area contributed by atoms with E-state index in [2.05, 4.69) is 48.8 Å². The van der Waals surface area contributed by atoms with Crippen molar-refractivity contribution in [2.75, 3.05) is 5.32 Å². The van der Waals surface area contributed by atoms with Crippen LogP contribution in [0.15, 0.2) is 41.0 Å². The van der Waals surface area contributed by atoms with Gasteiger partial charge in [-0.05, 0) is 68.9 Å². The second-order valence-corrected chi connectivity index (χ2v) is 6.00. The van der Waals surface area contributed by atoms with Crippen LogP contribution in [0.4, 0.5) is 11.5 Å². The predicted molar refractivity (Wildman–Crippen MR) is 90.3 cm³/mol. The maximum atomic E-state index is 5.59. The van der Waals surface area contributed by atoms with Crippen molar-refractivity contribution in [3.8, 4) is 0 Å². The number of anilines is 2. The molecule has 3 nitrogen and oxygen atoms in total. The Labute approximate surface area is 132 Å². The molecule has 0 amide bonds. The molecule has 1 aromatic heterocycles. The summed E-state index contributed by atoms with van der Waals surface area (Å²) in [7, 11) is 0. The van der Waals surface area contributed by atoms with E-state index in [1.54, 1.807) is 12.3 Å². The highest BCUT2D eigenvalue weighted by Crippen LogP contribution is 2.24. The molecule has 0 atom stereocenters. The van der Waals surface area contributed by atoms with Crippen LogP contribution in [0.1, 0.15) is 5.56 Å². The summed E-state index contributed by atoms with van der Waals surface area (Å²) >= 11 is 10.7. The minimum Gasteiger partial charge on any atom is -0.389 e. The van der Waals surface area contributed by atoms with Crippen molar-refractivity contribution in [1.29, 1.82) is 0 Å². The zero-order chi connectivity index (χ0) is 13.1. The predicted octanol–water partition coefficient (Wildman–Crippen LogP) is 3.83. The van der Waals surface area contributed by atoms with Gasteiger partial charge in [0.05, 0.1) is 0 Å². The highest BCUT2D eigenvalue weighted by molar-refractivity contribution is 14.1. The van der Waals surface area contributed by atoms with E-state index in [1.165, 1.54) is 0 Å². The summed E-state index contributed by atoms with van der Waals surface area (Å²) in [5.74, 6) is 0.716. The van der Waals surface area contributed by atoms with Crippen LogP contribution < -0.4 is 11.1 Å². The molecule has 0 unspecified atom stereocenters. The number of nitrogens with one attached hydrogen (secondary N) is 1. The first kappa shape index (κ1) is 13.7. The summed E-state index contributed by atoms with van der Waals surface area (Å²) in [5.41, 5.74) is 7.34. The lowest BCUT2D eigenvalue weighted by Gasteiger charge is -2.08. The minimum atomic E-state index is 0.365. The number of benzene rings is 1. The molecule has 0 saturated heterocycles. The van der Waals surface area contributed by atoms with Gasteiger partial charge in [0.2, 0.25) is 0 Å². The lowest BCUT2D eigenvalue weighted by Crippen LogP contribution is -2.09. The molecule has 6 heteroatoms. The fraction of sp³-hybridized carbons (Fsp3) is 0. The van der Waals surface area contributed by atoms with Gasteiger partial charge in [0.15, 0.2) is 0 Å². The molecule has 18 heavy (non-hydrogen) atoms. The van der Waals surface area contributed by atoms with Crippen molar-refractivity contribution in [3.05, 3.63) is 50.1 Å². The van der Waals surface area contributed by atoms with Gasteiger partial charge in [0.25, 0.3) is 0 Å². The number of pyridine rings is 1. The van der Waals surface area contributed by atoms with E-state index in [9.17, 15) is 0 Å². The normalized spacial score (nSPS) is 10.1. The van der Waals surface area contributed by atoms with Gasteiger partial charge >= 0.3 is 0 Å². The average Bonchev–Trinajstić information content (AvgIpc) is 2.34. The van der Waals surface area contributed by atoms with Crippen molar-refractivity contribution in [1.82, 2.24) is 4.98 Å². The maximum Gasteiger partial charge on any atom is 0.130 e. The first-order valence-corrected chi connectivity index (χ1v) is 7.32. The van der Waals surface area contributed by atoms with Crippen LogP contribution in [0.2, 0.25) is 0 Å². The molecule has 3 N–H and O–H groups in total. The molecule has 92 valence electrons. The molecule has 0 aliphatic heterocycles. The van der Waals surface area contributed by atoms with E-state index in [-0.39, 0.29) is 0 Å². The Morgan fingerprint density at radius 3 is 2.78 bits per heavy atom. The lowest BCUT2D eigenvalue weighted by molar-refractivity contribution is 1.30. The van der Waals surface area contributed by atoms with E-state index < -0.39 is 0 Å². The first-order chi connectivity index (χ1) is 8.56. The van der Waals surface area contributed by atoms with Gasteiger partial charge in [-0.25, -0.2) is 4.98 Å². The SMILES string of the molecule is NC(=S)c1ccnc(Nc2ccc(I)c(Br)c2)c1. The fourth-order valence-corrected chi connectivity index (χ4v) is 2.22. The van der Waals surface area contributed by atoms with Gasteiger partial charge < -0.3 is 11.1 Å².